The molecule has 0 fully saturated rings. The zero-order valence-electron chi connectivity index (χ0n) is 7.07. The van der Waals surface area contributed by atoms with Crippen LogP contribution in [-0.2, 0) is 11.5 Å². The van der Waals surface area contributed by atoms with Gasteiger partial charge in [0.1, 0.15) is 18.1 Å². The lowest BCUT2D eigenvalue weighted by Crippen LogP contribution is -2.01. The van der Waals surface area contributed by atoms with E-state index in [-0.39, 0.29) is 12.5 Å². The average molecular weight is 181 g/mol. The van der Waals surface area contributed by atoms with Crippen LogP contribution in [0.3, 0.4) is 0 Å². The van der Waals surface area contributed by atoms with E-state index < -0.39 is 0 Å². The van der Waals surface area contributed by atoms with E-state index in [1.165, 1.54) is 16.8 Å². The zero-order valence-corrected chi connectivity index (χ0v) is 7.07. The highest BCUT2D eigenvalue weighted by Crippen LogP contribution is 2.12. The highest BCUT2D eigenvalue weighted by molar-refractivity contribution is 5.73. The topological polar surface area (TPSA) is 39.9 Å². The Balaban J connectivity index is 2.58. The predicted molar refractivity (Wildman–Crippen MR) is 44.5 cm³/mol. The second-order valence-electron chi connectivity index (χ2n) is 2.64. The third kappa shape index (κ3) is 1.38. The molecule has 1 heterocycles. The maximum absolute atomic E-state index is 12.8. The Kier molecular flexibility index (Phi) is 1.94. The second-order valence-corrected chi connectivity index (χ2v) is 2.64. The van der Waals surface area contributed by atoms with Gasteiger partial charge in [0.2, 0.25) is 0 Å². The molecular weight excluding hydrogens is 173 g/mol. The van der Waals surface area contributed by atoms with Crippen molar-refractivity contribution in [1.29, 1.82) is 0 Å². The van der Waals surface area contributed by atoms with E-state index in [0.29, 0.717) is 11.0 Å². The van der Waals surface area contributed by atoms with Crippen LogP contribution in [-0.4, -0.2) is 22.1 Å². The summed E-state index contributed by atoms with van der Waals surface area (Å²) >= 11 is 0. The largest absolute Gasteiger partial charge is 0.362 e. The van der Waals surface area contributed by atoms with Crippen molar-refractivity contribution in [2.24, 2.45) is 0 Å². The van der Waals surface area contributed by atoms with Gasteiger partial charge in [-0.3, -0.25) is 0 Å². The van der Waals surface area contributed by atoms with Crippen molar-refractivity contribution in [3.8, 4) is 0 Å². The second kappa shape index (κ2) is 3.10. The molecule has 2 rings (SSSR count). The summed E-state index contributed by atoms with van der Waals surface area (Å²) in [6.45, 7) is 0.278. The Hall–Kier alpha value is -1.49. The Morgan fingerprint density at radius 1 is 1.54 bits per heavy atom. The van der Waals surface area contributed by atoms with Crippen molar-refractivity contribution in [3.63, 3.8) is 0 Å². The van der Waals surface area contributed by atoms with Gasteiger partial charge < -0.3 is 4.74 Å². The van der Waals surface area contributed by atoms with Crippen molar-refractivity contribution < 1.29 is 9.13 Å². The molecule has 2 aromatic rings. The van der Waals surface area contributed by atoms with E-state index in [1.807, 2.05) is 0 Å². The van der Waals surface area contributed by atoms with E-state index in [1.54, 1.807) is 13.2 Å². The molecule has 0 aliphatic rings. The van der Waals surface area contributed by atoms with E-state index in [4.69, 9.17) is 4.74 Å². The number of fused-ring (bicyclic) bond motifs is 1. The van der Waals surface area contributed by atoms with Gasteiger partial charge in [-0.25, -0.2) is 9.07 Å². The lowest BCUT2D eigenvalue weighted by molar-refractivity contribution is 0.122. The number of hydrogen-bond donors (Lipinski definition) is 0. The lowest BCUT2D eigenvalue weighted by Gasteiger charge is -1.98. The highest BCUT2D eigenvalue weighted by atomic mass is 19.1. The van der Waals surface area contributed by atoms with Gasteiger partial charge in [0, 0.05) is 13.2 Å². The van der Waals surface area contributed by atoms with E-state index in [0.717, 1.165) is 0 Å². The molecule has 0 saturated carbocycles. The molecule has 0 aliphatic heterocycles. The van der Waals surface area contributed by atoms with Crippen LogP contribution in [0.4, 0.5) is 4.39 Å². The van der Waals surface area contributed by atoms with Gasteiger partial charge in [-0.1, -0.05) is 5.21 Å². The summed E-state index contributed by atoms with van der Waals surface area (Å²) in [5, 5.41) is 7.65. The number of nitrogens with zero attached hydrogens (tertiary/aromatic N) is 3. The van der Waals surface area contributed by atoms with Gasteiger partial charge in [-0.05, 0) is 12.1 Å². The van der Waals surface area contributed by atoms with Crippen LogP contribution in [0, 0.1) is 5.82 Å². The standard InChI is InChI=1S/C8H8FN3O/c1-13-5-12-8-4-6(9)2-3-7(8)10-11-12/h2-4H,5H2,1H3. The number of ether oxygens (including phenoxy) is 1. The molecule has 0 amide bonds. The molecule has 5 heteroatoms. The number of aromatic nitrogens is 3. The fourth-order valence-electron chi connectivity index (χ4n) is 1.16. The van der Waals surface area contributed by atoms with Crippen LogP contribution >= 0.6 is 0 Å². The molecular formula is C8H8FN3O. The van der Waals surface area contributed by atoms with Gasteiger partial charge in [-0.2, -0.15) is 0 Å². The molecule has 0 N–H and O–H groups in total. The summed E-state index contributed by atoms with van der Waals surface area (Å²) in [7, 11) is 1.55. The van der Waals surface area contributed by atoms with Crippen LogP contribution < -0.4 is 0 Å². The Bertz CT molecular complexity index is 426. The molecule has 0 spiro atoms. The molecule has 1 aromatic heterocycles. The first-order valence-electron chi connectivity index (χ1n) is 3.79. The van der Waals surface area contributed by atoms with Crippen molar-refractivity contribution in [2.75, 3.05) is 7.11 Å². The zero-order chi connectivity index (χ0) is 9.26. The number of rotatable bonds is 2. The number of hydrogen-bond acceptors (Lipinski definition) is 3. The molecule has 0 bridgehead atoms. The van der Waals surface area contributed by atoms with Crippen LogP contribution in [0.25, 0.3) is 11.0 Å². The fourth-order valence-corrected chi connectivity index (χ4v) is 1.16. The predicted octanol–water partition coefficient (Wildman–Crippen LogP) is 1.17. The minimum absolute atomic E-state index is 0.278. The maximum Gasteiger partial charge on any atom is 0.141 e. The summed E-state index contributed by atoms with van der Waals surface area (Å²) in [4.78, 5) is 0. The first-order chi connectivity index (χ1) is 6.31. The molecule has 13 heavy (non-hydrogen) atoms. The monoisotopic (exact) mass is 181 g/mol. The van der Waals surface area contributed by atoms with E-state index in [9.17, 15) is 4.39 Å². The van der Waals surface area contributed by atoms with Crippen LogP contribution in [0.5, 0.6) is 0 Å². The van der Waals surface area contributed by atoms with Gasteiger partial charge in [0.15, 0.2) is 0 Å². The molecule has 0 saturated heterocycles. The first kappa shape index (κ1) is 8.12. The molecule has 0 atom stereocenters. The lowest BCUT2D eigenvalue weighted by atomic mass is 10.3. The third-order valence-electron chi connectivity index (χ3n) is 1.73. The third-order valence-corrected chi connectivity index (χ3v) is 1.73. The first-order valence-corrected chi connectivity index (χ1v) is 3.79. The van der Waals surface area contributed by atoms with Crippen molar-refractivity contribution in [3.05, 3.63) is 24.0 Å². The minimum atomic E-state index is -0.299. The Morgan fingerprint density at radius 2 is 2.38 bits per heavy atom. The molecule has 4 nitrogen and oxygen atoms in total. The maximum atomic E-state index is 12.8. The molecule has 1 aromatic carbocycles. The number of halogens is 1. The summed E-state index contributed by atoms with van der Waals surface area (Å²) in [5.74, 6) is -0.299. The van der Waals surface area contributed by atoms with Gasteiger partial charge in [0.25, 0.3) is 0 Å². The summed E-state index contributed by atoms with van der Waals surface area (Å²) in [6.07, 6.45) is 0. The van der Waals surface area contributed by atoms with Gasteiger partial charge in [0.05, 0.1) is 5.52 Å². The smallest absolute Gasteiger partial charge is 0.141 e. The van der Waals surface area contributed by atoms with Crippen LogP contribution in [0.1, 0.15) is 0 Å². The van der Waals surface area contributed by atoms with Crippen LogP contribution in [0.15, 0.2) is 18.2 Å². The molecule has 68 valence electrons. The average Bonchev–Trinajstić information content (AvgIpc) is 2.49. The molecule has 0 aliphatic carbocycles. The van der Waals surface area contributed by atoms with Crippen molar-refractivity contribution in [2.45, 2.75) is 6.73 Å². The quantitative estimate of drug-likeness (QED) is 0.698. The van der Waals surface area contributed by atoms with Crippen molar-refractivity contribution >= 4 is 11.0 Å². The number of methoxy groups -OCH3 is 1. The van der Waals surface area contributed by atoms with Crippen LogP contribution in [0.2, 0.25) is 0 Å². The van der Waals surface area contributed by atoms with Gasteiger partial charge in [-0.15, -0.1) is 5.10 Å². The molecule has 0 radical (unpaired) electrons. The van der Waals surface area contributed by atoms with Gasteiger partial charge >= 0.3 is 0 Å². The summed E-state index contributed by atoms with van der Waals surface area (Å²) < 4.78 is 19.2. The Morgan fingerprint density at radius 3 is 3.15 bits per heavy atom. The normalized spacial score (nSPS) is 10.9. The van der Waals surface area contributed by atoms with E-state index >= 15 is 0 Å². The SMILES string of the molecule is COCn1nnc2ccc(F)cc21. The Labute approximate surface area is 73.9 Å². The fraction of sp³-hybridized carbons (Fsp3) is 0.250. The van der Waals surface area contributed by atoms with Crippen molar-refractivity contribution in [1.82, 2.24) is 15.0 Å². The van der Waals surface area contributed by atoms with E-state index in [2.05, 4.69) is 10.3 Å². The number of benzene rings is 1. The minimum Gasteiger partial charge on any atom is -0.362 e. The molecule has 0 unspecified atom stereocenters. The summed E-state index contributed by atoms with van der Waals surface area (Å²) in [5.41, 5.74) is 1.31. The summed E-state index contributed by atoms with van der Waals surface area (Å²) in [6, 6.07) is 4.33. The highest BCUT2D eigenvalue weighted by Gasteiger charge is 2.04.